The lowest BCUT2D eigenvalue weighted by atomic mass is 10.1. The summed E-state index contributed by atoms with van der Waals surface area (Å²) in [6.45, 7) is 2.02. The normalized spacial score (nSPS) is 11.7. The van der Waals surface area contributed by atoms with Crippen molar-refractivity contribution in [2.75, 3.05) is 5.32 Å². The highest BCUT2D eigenvalue weighted by Gasteiger charge is 2.10. The van der Waals surface area contributed by atoms with E-state index in [0.29, 0.717) is 0 Å². The van der Waals surface area contributed by atoms with Crippen LogP contribution in [0, 0.1) is 0 Å². The highest BCUT2D eigenvalue weighted by molar-refractivity contribution is 5.91. The van der Waals surface area contributed by atoms with Crippen LogP contribution >= 0.6 is 0 Å². The zero-order chi connectivity index (χ0) is 17.5. The van der Waals surface area contributed by atoms with Crippen LogP contribution in [0.15, 0.2) is 73.1 Å². The number of aromatic nitrogens is 2. The first kappa shape index (κ1) is 16.8. The van der Waals surface area contributed by atoms with Gasteiger partial charge in [0, 0.05) is 18.4 Å². The third kappa shape index (κ3) is 4.70. The van der Waals surface area contributed by atoms with Gasteiger partial charge in [-0.05, 0) is 43.5 Å². The van der Waals surface area contributed by atoms with Crippen molar-refractivity contribution in [1.82, 2.24) is 15.1 Å². The van der Waals surface area contributed by atoms with Crippen molar-refractivity contribution in [3.05, 3.63) is 78.6 Å². The van der Waals surface area contributed by atoms with E-state index < -0.39 is 0 Å². The van der Waals surface area contributed by atoms with Crippen molar-refractivity contribution >= 4 is 11.7 Å². The van der Waals surface area contributed by atoms with E-state index in [4.69, 9.17) is 0 Å². The molecule has 0 aliphatic heterocycles. The van der Waals surface area contributed by atoms with Gasteiger partial charge in [0.1, 0.15) is 0 Å². The van der Waals surface area contributed by atoms with Gasteiger partial charge in [-0.3, -0.25) is 0 Å². The Hall–Kier alpha value is -3.08. The Balaban J connectivity index is 1.56. The van der Waals surface area contributed by atoms with Crippen LogP contribution in [0.3, 0.4) is 0 Å². The molecular weight excluding hydrogens is 312 g/mol. The van der Waals surface area contributed by atoms with Gasteiger partial charge in [0.25, 0.3) is 0 Å². The minimum absolute atomic E-state index is 0.0806. The Morgan fingerprint density at radius 3 is 2.60 bits per heavy atom. The highest BCUT2D eigenvalue weighted by atomic mass is 16.2. The van der Waals surface area contributed by atoms with Crippen LogP contribution in [0.25, 0.3) is 5.69 Å². The van der Waals surface area contributed by atoms with Gasteiger partial charge in [0.15, 0.2) is 0 Å². The smallest absolute Gasteiger partial charge is 0.319 e. The van der Waals surface area contributed by atoms with Gasteiger partial charge in [0.05, 0.1) is 11.4 Å². The van der Waals surface area contributed by atoms with Crippen LogP contribution in [0.2, 0.25) is 0 Å². The number of hydrogen-bond acceptors (Lipinski definition) is 2. The molecule has 0 saturated carbocycles. The van der Waals surface area contributed by atoms with Gasteiger partial charge >= 0.3 is 6.03 Å². The van der Waals surface area contributed by atoms with Crippen LogP contribution < -0.4 is 10.6 Å². The maximum atomic E-state index is 12.3. The van der Waals surface area contributed by atoms with E-state index in [2.05, 4.69) is 27.9 Å². The molecule has 3 aromatic rings. The molecule has 1 heterocycles. The second-order valence-electron chi connectivity index (χ2n) is 5.99. The Kier molecular flexibility index (Phi) is 5.46. The average molecular weight is 334 g/mol. The summed E-state index contributed by atoms with van der Waals surface area (Å²) in [4.78, 5) is 12.3. The molecule has 3 rings (SSSR count). The number of para-hydroxylation sites is 2. The van der Waals surface area contributed by atoms with Crippen molar-refractivity contribution in [2.24, 2.45) is 0 Å². The number of amides is 2. The van der Waals surface area contributed by atoms with Gasteiger partial charge in [-0.15, -0.1) is 0 Å². The molecule has 5 nitrogen and oxygen atoms in total. The van der Waals surface area contributed by atoms with E-state index in [1.165, 1.54) is 5.56 Å². The zero-order valence-corrected chi connectivity index (χ0v) is 14.2. The fourth-order valence-electron chi connectivity index (χ4n) is 2.67. The summed E-state index contributed by atoms with van der Waals surface area (Å²) < 4.78 is 1.73. The highest BCUT2D eigenvalue weighted by Crippen LogP contribution is 2.18. The van der Waals surface area contributed by atoms with E-state index in [1.54, 1.807) is 10.9 Å². The zero-order valence-electron chi connectivity index (χ0n) is 14.2. The topological polar surface area (TPSA) is 59.0 Å². The SMILES string of the molecule is CC(CCc1ccccc1)NC(=O)Nc1ccccc1-n1cccn1. The predicted molar refractivity (Wildman–Crippen MR) is 99.9 cm³/mol. The third-order valence-electron chi connectivity index (χ3n) is 3.99. The lowest BCUT2D eigenvalue weighted by Gasteiger charge is -2.16. The predicted octanol–water partition coefficient (Wildman–Crippen LogP) is 4.02. The molecule has 5 heteroatoms. The molecule has 1 atom stereocenters. The summed E-state index contributed by atoms with van der Waals surface area (Å²) in [5.74, 6) is 0. The molecule has 1 aromatic heterocycles. The van der Waals surface area contributed by atoms with Crippen LogP contribution in [-0.2, 0) is 6.42 Å². The lowest BCUT2D eigenvalue weighted by molar-refractivity contribution is 0.248. The molecule has 0 bridgehead atoms. The van der Waals surface area contributed by atoms with E-state index >= 15 is 0 Å². The number of nitrogens with one attached hydrogen (secondary N) is 2. The van der Waals surface area contributed by atoms with E-state index in [0.717, 1.165) is 24.2 Å². The van der Waals surface area contributed by atoms with Gasteiger partial charge in [-0.1, -0.05) is 42.5 Å². The first-order valence-corrected chi connectivity index (χ1v) is 8.43. The number of carbonyl (C=O) groups excluding carboxylic acids is 1. The summed E-state index contributed by atoms with van der Waals surface area (Å²) in [6, 6.07) is 19.6. The number of anilines is 1. The van der Waals surface area contributed by atoms with Crippen molar-refractivity contribution in [2.45, 2.75) is 25.8 Å². The van der Waals surface area contributed by atoms with Crippen LogP contribution in [-0.4, -0.2) is 21.9 Å². The number of aryl methyl sites for hydroxylation is 1. The van der Waals surface area contributed by atoms with Crippen LogP contribution in [0.4, 0.5) is 10.5 Å². The molecule has 2 N–H and O–H groups in total. The van der Waals surface area contributed by atoms with Gasteiger partial charge in [0.2, 0.25) is 0 Å². The minimum atomic E-state index is -0.208. The molecule has 0 radical (unpaired) electrons. The first-order chi connectivity index (χ1) is 12.2. The second kappa shape index (κ2) is 8.15. The third-order valence-corrected chi connectivity index (χ3v) is 3.99. The fourth-order valence-corrected chi connectivity index (χ4v) is 2.67. The standard InChI is InChI=1S/C20H22N4O/c1-16(12-13-17-8-3-2-4-9-17)22-20(25)23-18-10-5-6-11-19(18)24-15-7-14-21-24/h2-11,14-16H,12-13H2,1H3,(H2,22,23,25). The summed E-state index contributed by atoms with van der Waals surface area (Å²) in [5, 5.41) is 10.1. The van der Waals surface area contributed by atoms with Gasteiger partial charge in [-0.25, -0.2) is 9.48 Å². The van der Waals surface area contributed by atoms with Crippen LogP contribution in [0.5, 0.6) is 0 Å². The Labute approximate surface area is 147 Å². The molecule has 0 aliphatic rings. The molecule has 2 aromatic carbocycles. The van der Waals surface area contributed by atoms with E-state index in [-0.39, 0.29) is 12.1 Å². The molecule has 128 valence electrons. The Bertz CT molecular complexity index is 800. The Morgan fingerprint density at radius 1 is 1.08 bits per heavy atom. The number of rotatable bonds is 6. The largest absolute Gasteiger partial charge is 0.335 e. The second-order valence-corrected chi connectivity index (χ2v) is 5.99. The maximum absolute atomic E-state index is 12.3. The maximum Gasteiger partial charge on any atom is 0.319 e. The monoisotopic (exact) mass is 334 g/mol. The summed E-state index contributed by atoms with van der Waals surface area (Å²) in [6.07, 6.45) is 5.38. The van der Waals surface area contributed by atoms with Crippen molar-refractivity contribution in [1.29, 1.82) is 0 Å². The number of carbonyl (C=O) groups is 1. The summed E-state index contributed by atoms with van der Waals surface area (Å²) in [7, 11) is 0. The van der Waals surface area contributed by atoms with Crippen LogP contribution in [0.1, 0.15) is 18.9 Å². The van der Waals surface area contributed by atoms with E-state index in [9.17, 15) is 4.79 Å². The number of benzene rings is 2. The molecular formula is C20H22N4O. The Morgan fingerprint density at radius 2 is 1.84 bits per heavy atom. The van der Waals surface area contributed by atoms with Crippen molar-refractivity contribution < 1.29 is 4.79 Å². The van der Waals surface area contributed by atoms with Gasteiger partial charge in [-0.2, -0.15) is 5.10 Å². The molecule has 2 amide bonds. The molecule has 0 fully saturated rings. The quantitative estimate of drug-likeness (QED) is 0.715. The molecule has 1 unspecified atom stereocenters. The molecule has 0 aliphatic carbocycles. The van der Waals surface area contributed by atoms with E-state index in [1.807, 2.05) is 61.7 Å². The number of urea groups is 1. The molecule has 25 heavy (non-hydrogen) atoms. The van der Waals surface area contributed by atoms with Gasteiger partial charge < -0.3 is 10.6 Å². The fraction of sp³-hybridized carbons (Fsp3) is 0.200. The first-order valence-electron chi connectivity index (χ1n) is 8.43. The molecule has 0 spiro atoms. The summed E-state index contributed by atoms with van der Waals surface area (Å²) >= 11 is 0. The average Bonchev–Trinajstić information content (AvgIpc) is 3.16. The van der Waals surface area contributed by atoms with Crippen molar-refractivity contribution in [3.63, 3.8) is 0 Å². The summed E-state index contributed by atoms with van der Waals surface area (Å²) in [5.41, 5.74) is 2.83. The molecule has 0 saturated heterocycles. The lowest BCUT2D eigenvalue weighted by Crippen LogP contribution is -2.36. The number of hydrogen-bond donors (Lipinski definition) is 2. The van der Waals surface area contributed by atoms with Crippen molar-refractivity contribution in [3.8, 4) is 5.69 Å². The minimum Gasteiger partial charge on any atom is -0.335 e. The number of nitrogens with zero attached hydrogens (tertiary/aromatic N) is 2.